The van der Waals surface area contributed by atoms with E-state index in [1.54, 1.807) is 20.3 Å². The fraction of sp³-hybridized carbons (Fsp3) is 0.722. The van der Waals surface area contributed by atoms with Crippen LogP contribution in [0.5, 0.6) is 0 Å². The molecule has 9 heteroatoms. The number of nitrogens with zero attached hydrogens (tertiary/aromatic N) is 1. The number of hydrogen-bond donors (Lipinski definition) is 0. The molecule has 7 bridgehead atoms. The van der Waals surface area contributed by atoms with E-state index in [2.05, 4.69) is 11.8 Å². The van der Waals surface area contributed by atoms with Crippen molar-refractivity contribution in [2.45, 2.75) is 75.6 Å². The minimum atomic E-state index is -0.973. The molecule has 246 valence electrons. The molecule has 1 aromatic rings. The molecule has 9 nitrogen and oxygen atoms in total. The van der Waals surface area contributed by atoms with E-state index in [4.69, 9.17) is 28.4 Å². The molecule has 1 aliphatic heterocycles. The molecule has 0 radical (unpaired) electrons. The summed E-state index contributed by atoms with van der Waals surface area (Å²) >= 11 is 0. The molecule has 0 amide bonds. The second kappa shape index (κ2) is 11.4. The standard InChI is InChI=1S/C36H49NO8/c1-7-37-19-34(20-40-3)16-15-26(42-5)36-24-17-23-25(41-4)18-35(28(24)30(23)44-21(2)38,29(33(36)37)31(43-6)32(34)36)45-27(39)14-13-22-11-9-8-10-12-22/h8-14,23-26,28-33H,7,15-20H2,1-6H3/b14-13+/t23-,24-,25+,26+,28-,29+,30+,31+,32-,33?,34+,35-,36+/m1/s1. The number of esters is 2. The first-order valence-corrected chi connectivity index (χ1v) is 16.7. The molecule has 1 heterocycles. The maximum atomic E-state index is 14.0. The van der Waals surface area contributed by atoms with E-state index < -0.39 is 17.7 Å². The van der Waals surface area contributed by atoms with Crippen molar-refractivity contribution in [1.82, 2.24) is 4.90 Å². The van der Waals surface area contributed by atoms with Gasteiger partial charge in [0.25, 0.3) is 0 Å². The first kappa shape index (κ1) is 31.3. The van der Waals surface area contributed by atoms with E-state index in [0.29, 0.717) is 13.0 Å². The van der Waals surface area contributed by atoms with Gasteiger partial charge in [-0.05, 0) is 43.4 Å². The van der Waals surface area contributed by atoms with Gasteiger partial charge in [-0.25, -0.2) is 4.79 Å². The third-order valence-electron chi connectivity index (χ3n) is 13.1. The zero-order chi connectivity index (χ0) is 31.7. The van der Waals surface area contributed by atoms with Gasteiger partial charge < -0.3 is 28.4 Å². The second-order valence-electron chi connectivity index (χ2n) is 14.5. The minimum absolute atomic E-state index is 0.00219. The SMILES string of the molecule is CCN1C[C@]2(COC)CC[C@H](OC)[C@]34C1[C@H]([C@H](OC)[C@H]23)[C@@]1(OC(=O)/C=C/c2ccccc2)C[C@H](OC)[C@H]2C[C@@H]4[C@@H]1[C@H]2OC(C)=O. The Morgan fingerprint density at radius 3 is 2.44 bits per heavy atom. The predicted octanol–water partition coefficient (Wildman–Crippen LogP) is 3.99. The van der Waals surface area contributed by atoms with Crippen molar-refractivity contribution in [3.8, 4) is 0 Å². The lowest BCUT2D eigenvalue weighted by Crippen LogP contribution is -2.77. The zero-order valence-electron chi connectivity index (χ0n) is 27.5. The van der Waals surface area contributed by atoms with Crippen LogP contribution in [0.4, 0.5) is 0 Å². The Morgan fingerprint density at radius 2 is 1.80 bits per heavy atom. The molecule has 0 N–H and O–H groups in total. The minimum Gasteiger partial charge on any atom is -0.462 e. The molecule has 1 aromatic carbocycles. The third-order valence-corrected chi connectivity index (χ3v) is 13.1. The van der Waals surface area contributed by atoms with Crippen LogP contribution >= 0.6 is 0 Å². The number of piperidine rings is 1. The molecule has 13 atom stereocenters. The summed E-state index contributed by atoms with van der Waals surface area (Å²) in [5, 5.41) is 0. The van der Waals surface area contributed by atoms with E-state index in [0.717, 1.165) is 37.9 Å². The van der Waals surface area contributed by atoms with Gasteiger partial charge in [0.2, 0.25) is 0 Å². The molecule has 7 rings (SSSR count). The summed E-state index contributed by atoms with van der Waals surface area (Å²) in [5.41, 5.74) is -0.481. The summed E-state index contributed by atoms with van der Waals surface area (Å²) in [4.78, 5) is 29.4. The summed E-state index contributed by atoms with van der Waals surface area (Å²) in [6, 6.07) is 9.83. The molecule has 5 saturated carbocycles. The van der Waals surface area contributed by atoms with Crippen molar-refractivity contribution in [3.63, 3.8) is 0 Å². The van der Waals surface area contributed by atoms with Crippen LogP contribution in [0.25, 0.3) is 6.08 Å². The van der Waals surface area contributed by atoms with E-state index in [-0.39, 0.29) is 70.7 Å². The smallest absolute Gasteiger partial charge is 0.331 e. The van der Waals surface area contributed by atoms with Crippen molar-refractivity contribution in [1.29, 1.82) is 0 Å². The summed E-state index contributed by atoms with van der Waals surface area (Å²) in [6.07, 6.45) is 5.72. The molecule has 1 unspecified atom stereocenters. The van der Waals surface area contributed by atoms with Crippen molar-refractivity contribution in [3.05, 3.63) is 42.0 Å². The lowest BCUT2D eigenvalue weighted by molar-refractivity contribution is -0.280. The van der Waals surface area contributed by atoms with Crippen LogP contribution in [-0.4, -0.2) is 101 Å². The highest BCUT2D eigenvalue weighted by atomic mass is 16.6. The number of carbonyl (C=O) groups excluding carboxylic acids is 2. The van der Waals surface area contributed by atoms with Crippen LogP contribution in [-0.2, 0) is 38.0 Å². The van der Waals surface area contributed by atoms with E-state index in [9.17, 15) is 9.59 Å². The van der Waals surface area contributed by atoms with Crippen LogP contribution in [0.15, 0.2) is 36.4 Å². The van der Waals surface area contributed by atoms with Gasteiger partial charge in [0.15, 0.2) is 0 Å². The Bertz CT molecular complexity index is 1320. The van der Waals surface area contributed by atoms with E-state index in [1.165, 1.54) is 13.0 Å². The first-order chi connectivity index (χ1) is 21.8. The van der Waals surface area contributed by atoms with Crippen molar-refractivity contribution >= 4 is 18.0 Å². The quantitative estimate of drug-likeness (QED) is 0.283. The van der Waals surface area contributed by atoms with Crippen molar-refractivity contribution in [2.24, 2.45) is 40.4 Å². The summed E-state index contributed by atoms with van der Waals surface area (Å²) in [6.45, 7) is 6.10. The largest absolute Gasteiger partial charge is 0.462 e. The topological polar surface area (TPSA) is 92.8 Å². The van der Waals surface area contributed by atoms with Gasteiger partial charge in [-0.2, -0.15) is 0 Å². The summed E-state index contributed by atoms with van der Waals surface area (Å²) in [7, 11) is 7.20. The molecular formula is C36H49NO8. The van der Waals surface area contributed by atoms with Gasteiger partial charge in [0.05, 0.1) is 24.9 Å². The number of rotatable bonds is 10. The molecule has 6 fully saturated rings. The number of methoxy groups -OCH3 is 4. The Balaban J connectivity index is 1.45. The lowest BCUT2D eigenvalue weighted by Gasteiger charge is -2.69. The lowest BCUT2D eigenvalue weighted by atomic mass is 9.43. The summed E-state index contributed by atoms with van der Waals surface area (Å²) < 4.78 is 38.7. The van der Waals surface area contributed by atoms with Gasteiger partial charge in [-0.15, -0.1) is 0 Å². The van der Waals surface area contributed by atoms with Gasteiger partial charge in [0.1, 0.15) is 11.7 Å². The molecular weight excluding hydrogens is 574 g/mol. The number of likely N-dealkylation sites (tertiary alicyclic amines) is 1. The molecule has 5 aliphatic carbocycles. The average molecular weight is 624 g/mol. The van der Waals surface area contributed by atoms with E-state index >= 15 is 0 Å². The van der Waals surface area contributed by atoms with Crippen molar-refractivity contribution in [2.75, 3.05) is 48.1 Å². The van der Waals surface area contributed by atoms with Crippen LogP contribution < -0.4 is 0 Å². The molecule has 45 heavy (non-hydrogen) atoms. The monoisotopic (exact) mass is 623 g/mol. The Hall–Kier alpha value is -2.30. The Kier molecular flexibility index (Phi) is 7.96. The normalized spacial score (nSPS) is 45.9. The summed E-state index contributed by atoms with van der Waals surface area (Å²) in [5.74, 6) is -0.887. The number of hydrogen-bond acceptors (Lipinski definition) is 9. The van der Waals surface area contributed by atoms with Gasteiger partial charge in [0, 0.05) is 94.9 Å². The maximum absolute atomic E-state index is 14.0. The van der Waals surface area contributed by atoms with Gasteiger partial charge in [-0.1, -0.05) is 37.3 Å². The number of fused-ring (bicyclic) bond motifs is 2. The predicted molar refractivity (Wildman–Crippen MR) is 166 cm³/mol. The zero-order valence-corrected chi connectivity index (χ0v) is 27.5. The van der Waals surface area contributed by atoms with Crippen molar-refractivity contribution < 1.29 is 38.0 Å². The average Bonchev–Trinajstić information content (AvgIpc) is 3.45. The number of carbonyl (C=O) groups is 2. The van der Waals surface area contributed by atoms with Gasteiger partial charge >= 0.3 is 11.9 Å². The number of benzene rings is 1. The van der Waals surface area contributed by atoms with E-state index in [1.807, 2.05) is 44.6 Å². The fourth-order valence-electron chi connectivity index (χ4n) is 12.4. The van der Waals surface area contributed by atoms with Crippen LogP contribution in [0.3, 0.4) is 0 Å². The third kappa shape index (κ3) is 4.16. The van der Waals surface area contributed by atoms with Crippen LogP contribution in [0.1, 0.15) is 45.1 Å². The number of ether oxygens (including phenoxy) is 6. The van der Waals surface area contributed by atoms with Crippen LogP contribution in [0.2, 0.25) is 0 Å². The Morgan fingerprint density at radius 1 is 1.02 bits per heavy atom. The highest BCUT2D eigenvalue weighted by Gasteiger charge is 2.88. The molecule has 1 spiro atoms. The molecule has 6 aliphatic rings. The molecule has 0 aromatic heterocycles. The van der Waals surface area contributed by atoms with Crippen LogP contribution in [0, 0.1) is 40.4 Å². The highest BCUT2D eigenvalue weighted by Crippen LogP contribution is 2.80. The first-order valence-electron chi connectivity index (χ1n) is 16.7. The van der Waals surface area contributed by atoms with Gasteiger partial charge in [-0.3, -0.25) is 9.69 Å². The highest BCUT2D eigenvalue weighted by molar-refractivity contribution is 5.87. The fourth-order valence-corrected chi connectivity index (χ4v) is 12.4. The second-order valence-corrected chi connectivity index (χ2v) is 14.5. The maximum Gasteiger partial charge on any atom is 0.331 e. The molecule has 1 saturated heterocycles. The Labute approximate surface area is 266 Å².